The van der Waals surface area contributed by atoms with Crippen LogP contribution in [0.2, 0.25) is 0 Å². The number of hydrogen-bond donors (Lipinski definition) is 2. The Hall–Kier alpha value is -1.86. The van der Waals surface area contributed by atoms with Gasteiger partial charge in [0.05, 0.1) is 26.0 Å². The van der Waals surface area contributed by atoms with Crippen LogP contribution in [0.1, 0.15) is 32.3 Å². The molecule has 0 unspecified atom stereocenters. The Bertz CT molecular complexity index is 587. The smallest absolute Gasteiger partial charge is 0.187 e. The van der Waals surface area contributed by atoms with Crippen LogP contribution in [0.25, 0.3) is 0 Å². The molecule has 1 saturated heterocycles. The average molecular weight is 365 g/mol. The zero-order valence-electron chi connectivity index (χ0n) is 15.1. The molecular weight excluding hydrogens is 338 g/mol. The molecular formula is C18H27N3O3S. The number of methoxy groups -OCH3 is 1. The quantitative estimate of drug-likeness (QED) is 0.420. The summed E-state index contributed by atoms with van der Waals surface area (Å²) in [6.07, 6.45) is 4.12. The number of hydrazone groups is 1. The maximum absolute atomic E-state index is 5.74. The van der Waals surface area contributed by atoms with E-state index >= 15 is 0 Å². The van der Waals surface area contributed by atoms with Crippen LogP contribution in [0, 0.1) is 5.92 Å². The molecule has 0 saturated carbocycles. The Labute approximate surface area is 154 Å². The van der Waals surface area contributed by atoms with E-state index in [4.69, 9.17) is 26.4 Å². The van der Waals surface area contributed by atoms with Gasteiger partial charge in [-0.15, -0.1) is 0 Å². The Morgan fingerprint density at radius 2 is 2.28 bits per heavy atom. The first kappa shape index (κ1) is 19.5. The molecule has 1 aliphatic rings. The average Bonchev–Trinajstić information content (AvgIpc) is 3.12. The first-order valence-electron chi connectivity index (χ1n) is 8.58. The van der Waals surface area contributed by atoms with Crippen LogP contribution in [0.15, 0.2) is 23.3 Å². The first-order valence-corrected chi connectivity index (χ1v) is 8.98. The standard InChI is InChI=1S/C18H27N3O3S/c1-13(2)12-24-16-7-6-14(9-17(16)22-3)10-20-21-18(25)19-11-15-5-4-8-23-15/h6-7,9-10,13,15H,4-5,8,11-12H2,1-3H3,(H2,19,21,25)/b20-10-/t15-/m0/s1. The van der Waals surface area contributed by atoms with Gasteiger partial charge in [-0.05, 0) is 54.7 Å². The van der Waals surface area contributed by atoms with Crippen molar-refractivity contribution in [2.45, 2.75) is 32.8 Å². The third-order valence-corrected chi connectivity index (χ3v) is 3.89. The van der Waals surface area contributed by atoms with Crippen molar-refractivity contribution in [3.8, 4) is 11.5 Å². The van der Waals surface area contributed by atoms with Gasteiger partial charge in [0, 0.05) is 13.2 Å². The predicted molar refractivity (Wildman–Crippen MR) is 104 cm³/mol. The number of rotatable bonds is 8. The van der Waals surface area contributed by atoms with Crippen molar-refractivity contribution in [1.82, 2.24) is 10.7 Å². The summed E-state index contributed by atoms with van der Waals surface area (Å²) >= 11 is 5.20. The van der Waals surface area contributed by atoms with Crippen molar-refractivity contribution >= 4 is 23.5 Å². The van der Waals surface area contributed by atoms with Gasteiger partial charge in [0.1, 0.15) is 0 Å². The number of hydrogen-bond acceptors (Lipinski definition) is 5. The van der Waals surface area contributed by atoms with E-state index in [0.29, 0.717) is 29.9 Å². The largest absolute Gasteiger partial charge is 0.493 e. The fourth-order valence-electron chi connectivity index (χ4n) is 2.36. The molecule has 2 rings (SSSR count). The Morgan fingerprint density at radius 3 is 2.96 bits per heavy atom. The van der Waals surface area contributed by atoms with E-state index in [1.165, 1.54) is 0 Å². The molecule has 6 nitrogen and oxygen atoms in total. The predicted octanol–water partition coefficient (Wildman–Crippen LogP) is 2.71. The summed E-state index contributed by atoms with van der Waals surface area (Å²) in [6, 6.07) is 5.69. The summed E-state index contributed by atoms with van der Waals surface area (Å²) < 4.78 is 16.7. The zero-order chi connectivity index (χ0) is 18.1. The zero-order valence-corrected chi connectivity index (χ0v) is 15.9. The van der Waals surface area contributed by atoms with Crippen LogP contribution in [0.3, 0.4) is 0 Å². The second kappa shape index (κ2) is 10.2. The van der Waals surface area contributed by atoms with E-state index in [1.54, 1.807) is 13.3 Å². The number of ether oxygens (including phenoxy) is 3. The molecule has 1 atom stereocenters. The van der Waals surface area contributed by atoms with Gasteiger partial charge in [0.25, 0.3) is 0 Å². The minimum absolute atomic E-state index is 0.242. The third-order valence-electron chi connectivity index (χ3n) is 3.65. The molecule has 1 fully saturated rings. The molecule has 7 heteroatoms. The molecule has 1 aromatic carbocycles. The van der Waals surface area contributed by atoms with Gasteiger partial charge in [0.15, 0.2) is 16.6 Å². The van der Waals surface area contributed by atoms with Gasteiger partial charge in [-0.3, -0.25) is 5.43 Å². The lowest BCUT2D eigenvalue weighted by molar-refractivity contribution is 0.114. The van der Waals surface area contributed by atoms with Crippen molar-refractivity contribution in [3.05, 3.63) is 23.8 Å². The molecule has 0 spiro atoms. The Morgan fingerprint density at radius 1 is 1.44 bits per heavy atom. The fraction of sp³-hybridized carbons (Fsp3) is 0.556. The SMILES string of the molecule is COc1cc(/C=N\NC(=S)NC[C@@H]2CCCO2)ccc1OCC(C)C. The summed E-state index contributed by atoms with van der Waals surface area (Å²) in [6.45, 7) is 6.40. The monoisotopic (exact) mass is 365 g/mol. The number of nitrogens with one attached hydrogen (secondary N) is 2. The summed E-state index contributed by atoms with van der Waals surface area (Å²) in [5.41, 5.74) is 3.70. The Kier molecular flexibility index (Phi) is 7.94. The van der Waals surface area contributed by atoms with E-state index in [1.807, 2.05) is 18.2 Å². The lowest BCUT2D eigenvalue weighted by atomic mass is 10.2. The van der Waals surface area contributed by atoms with Crippen LogP contribution in [-0.2, 0) is 4.74 Å². The maximum Gasteiger partial charge on any atom is 0.187 e. The summed E-state index contributed by atoms with van der Waals surface area (Å²) in [5, 5.41) is 7.74. The molecule has 0 amide bonds. The van der Waals surface area contributed by atoms with Crippen molar-refractivity contribution in [2.24, 2.45) is 11.0 Å². The summed E-state index contributed by atoms with van der Waals surface area (Å²) in [5.74, 6) is 1.87. The van der Waals surface area contributed by atoms with Gasteiger partial charge in [-0.25, -0.2) is 0 Å². The normalized spacial score (nSPS) is 17.0. The topological polar surface area (TPSA) is 64.1 Å². The van der Waals surface area contributed by atoms with Crippen molar-refractivity contribution < 1.29 is 14.2 Å². The van der Waals surface area contributed by atoms with Crippen LogP contribution < -0.4 is 20.2 Å². The number of nitrogens with zero attached hydrogens (tertiary/aromatic N) is 1. The highest BCUT2D eigenvalue weighted by Gasteiger charge is 2.15. The molecule has 1 aromatic rings. The molecule has 1 aliphatic heterocycles. The van der Waals surface area contributed by atoms with E-state index in [9.17, 15) is 0 Å². The maximum atomic E-state index is 5.74. The van der Waals surface area contributed by atoms with Crippen LogP contribution >= 0.6 is 12.2 Å². The molecule has 0 aromatic heterocycles. The molecule has 0 radical (unpaired) electrons. The second-order valence-electron chi connectivity index (χ2n) is 6.33. The highest BCUT2D eigenvalue weighted by atomic mass is 32.1. The van der Waals surface area contributed by atoms with Gasteiger partial charge >= 0.3 is 0 Å². The van der Waals surface area contributed by atoms with Crippen molar-refractivity contribution in [1.29, 1.82) is 0 Å². The molecule has 25 heavy (non-hydrogen) atoms. The summed E-state index contributed by atoms with van der Waals surface area (Å²) in [7, 11) is 1.63. The van der Waals surface area contributed by atoms with Gasteiger partial charge < -0.3 is 19.5 Å². The van der Waals surface area contributed by atoms with Crippen LogP contribution in [-0.4, -0.2) is 44.3 Å². The van der Waals surface area contributed by atoms with Gasteiger partial charge in [0.2, 0.25) is 0 Å². The van der Waals surface area contributed by atoms with Crippen LogP contribution in [0.4, 0.5) is 0 Å². The molecule has 138 valence electrons. The molecule has 0 aliphatic carbocycles. The second-order valence-corrected chi connectivity index (χ2v) is 6.74. The van der Waals surface area contributed by atoms with E-state index < -0.39 is 0 Å². The highest BCUT2D eigenvalue weighted by molar-refractivity contribution is 7.80. The minimum Gasteiger partial charge on any atom is -0.493 e. The number of thiocarbonyl (C=S) groups is 1. The van der Waals surface area contributed by atoms with Gasteiger partial charge in [-0.2, -0.15) is 5.10 Å². The summed E-state index contributed by atoms with van der Waals surface area (Å²) in [4.78, 5) is 0. The molecule has 1 heterocycles. The lowest BCUT2D eigenvalue weighted by Crippen LogP contribution is -2.37. The van der Waals surface area contributed by atoms with E-state index in [2.05, 4.69) is 29.7 Å². The van der Waals surface area contributed by atoms with Crippen molar-refractivity contribution in [2.75, 3.05) is 26.9 Å². The van der Waals surface area contributed by atoms with Crippen molar-refractivity contribution in [3.63, 3.8) is 0 Å². The van der Waals surface area contributed by atoms with Gasteiger partial charge in [-0.1, -0.05) is 13.8 Å². The van der Waals surface area contributed by atoms with E-state index in [-0.39, 0.29) is 6.10 Å². The number of benzene rings is 1. The highest BCUT2D eigenvalue weighted by Crippen LogP contribution is 2.27. The third kappa shape index (κ3) is 6.88. The molecule has 2 N–H and O–H groups in total. The van der Waals surface area contributed by atoms with Crippen LogP contribution in [0.5, 0.6) is 11.5 Å². The lowest BCUT2D eigenvalue weighted by Gasteiger charge is -2.13. The Balaban J connectivity index is 1.81. The fourth-order valence-corrected chi connectivity index (χ4v) is 2.49. The molecule has 0 bridgehead atoms. The minimum atomic E-state index is 0.242. The first-order chi connectivity index (χ1) is 12.1. The van der Waals surface area contributed by atoms with E-state index in [0.717, 1.165) is 30.8 Å².